The minimum Gasteiger partial charge on any atom is -0.335 e. The molecule has 2 aromatic heterocycles. The predicted molar refractivity (Wildman–Crippen MR) is 133 cm³/mol. The number of piperazine rings is 1. The van der Waals surface area contributed by atoms with Gasteiger partial charge in [-0.25, -0.2) is 4.39 Å². The second-order valence-corrected chi connectivity index (χ2v) is 9.90. The number of nitrogens with one attached hydrogen (secondary N) is 1. The first-order chi connectivity index (χ1) is 16.9. The van der Waals surface area contributed by atoms with Gasteiger partial charge in [0.15, 0.2) is 0 Å². The second kappa shape index (κ2) is 8.30. The van der Waals surface area contributed by atoms with Crippen LogP contribution in [-0.2, 0) is 0 Å². The molecule has 4 aromatic rings. The Morgan fingerprint density at radius 1 is 1.11 bits per heavy atom. The van der Waals surface area contributed by atoms with Crippen LogP contribution in [-0.4, -0.2) is 57.2 Å². The van der Waals surface area contributed by atoms with Gasteiger partial charge in [0, 0.05) is 30.6 Å². The number of H-pyrrole nitrogens is 1. The van der Waals surface area contributed by atoms with Crippen molar-refractivity contribution in [1.29, 1.82) is 0 Å². The molecule has 0 spiro atoms. The number of aromatic nitrogens is 3. The molecule has 6 rings (SSSR count). The highest BCUT2D eigenvalue weighted by atomic mass is 19.1. The number of carbonyl (C=O) groups excluding carboxylic acids is 1. The maximum absolute atomic E-state index is 13.7. The summed E-state index contributed by atoms with van der Waals surface area (Å²) in [7, 11) is 2.03. The molecule has 0 bridgehead atoms. The molecule has 1 aliphatic carbocycles. The fourth-order valence-electron chi connectivity index (χ4n) is 5.41. The van der Waals surface area contributed by atoms with Crippen LogP contribution in [0.5, 0.6) is 0 Å². The molecular weight excluding hydrogens is 445 g/mol. The van der Waals surface area contributed by atoms with Crippen LogP contribution in [0.15, 0.2) is 47.4 Å². The zero-order valence-electron chi connectivity index (χ0n) is 19.9. The van der Waals surface area contributed by atoms with Crippen molar-refractivity contribution in [2.75, 3.05) is 26.7 Å². The number of likely N-dealkylation sites (N-methyl/N-ethyl adjacent to an activating group) is 1. The number of benzene rings is 2. The highest BCUT2D eigenvalue weighted by Crippen LogP contribution is 2.35. The fourth-order valence-corrected chi connectivity index (χ4v) is 5.41. The highest BCUT2D eigenvalue weighted by Gasteiger charge is 2.30. The summed E-state index contributed by atoms with van der Waals surface area (Å²) < 4.78 is 15.4. The molecule has 1 aliphatic heterocycles. The Morgan fingerprint density at radius 2 is 1.89 bits per heavy atom. The van der Waals surface area contributed by atoms with Crippen LogP contribution >= 0.6 is 0 Å². The highest BCUT2D eigenvalue weighted by molar-refractivity contribution is 6.07. The minimum atomic E-state index is -0.270. The monoisotopic (exact) mass is 473 g/mol. The molecule has 180 valence electrons. The average Bonchev–Trinajstić information content (AvgIpc) is 3.24. The number of nitrogens with zero attached hydrogens (tertiary/aromatic N) is 4. The molecule has 1 saturated heterocycles. The van der Waals surface area contributed by atoms with Crippen LogP contribution in [0.4, 0.5) is 4.39 Å². The van der Waals surface area contributed by atoms with E-state index in [4.69, 9.17) is 0 Å². The van der Waals surface area contributed by atoms with E-state index in [1.165, 1.54) is 18.6 Å². The van der Waals surface area contributed by atoms with E-state index in [0.29, 0.717) is 35.6 Å². The standard InChI is InChI=1S/C27H28FN5O2/c1-16-12-21-23(30-26(34)22-14-29-33(25(21)22)19-4-3-5-19)13-20(16)27(35)32-11-10-31(2)24(15-32)17-6-8-18(28)9-7-17/h6-9,12-14,19,24H,3-5,10-11,15H2,1-2H3,(H,30,34). The van der Waals surface area contributed by atoms with Gasteiger partial charge >= 0.3 is 0 Å². The molecule has 1 amide bonds. The fraction of sp³-hybridized carbons (Fsp3) is 0.370. The average molecular weight is 474 g/mol. The van der Waals surface area contributed by atoms with Crippen molar-refractivity contribution in [1.82, 2.24) is 24.6 Å². The number of fused-ring (bicyclic) bond motifs is 3. The summed E-state index contributed by atoms with van der Waals surface area (Å²) in [4.78, 5) is 33.5. The van der Waals surface area contributed by atoms with Crippen LogP contribution in [0.25, 0.3) is 21.8 Å². The molecule has 1 saturated carbocycles. The number of aromatic amines is 1. The molecular formula is C27H28FN5O2. The maximum atomic E-state index is 13.7. The number of hydrogen-bond acceptors (Lipinski definition) is 4. The van der Waals surface area contributed by atoms with E-state index in [2.05, 4.69) is 15.0 Å². The molecule has 2 aliphatic rings. The smallest absolute Gasteiger partial charge is 0.259 e. The predicted octanol–water partition coefficient (Wildman–Crippen LogP) is 4.18. The summed E-state index contributed by atoms with van der Waals surface area (Å²) in [6.45, 7) is 3.79. The molecule has 1 atom stereocenters. The van der Waals surface area contributed by atoms with E-state index in [1.54, 1.807) is 18.3 Å². The largest absolute Gasteiger partial charge is 0.335 e. The van der Waals surface area contributed by atoms with Crippen LogP contribution < -0.4 is 5.56 Å². The summed E-state index contributed by atoms with van der Waals surface area (Å²) in [6, 6.07) is 10.6. The van der Waals surface area contributed by atoms with E-state index in [-0.39, 0.29) is 23.3 Å². The van der Waals surface area contributed by atoms with Crippen molar-refractivity contribution < 1.29 is 9.18 Å². The van der Waals surface area contributed by atoms with Crippen molar-refractivity contribution in [3.63, 3.8) is 0 Å². The summed E-state index contributed by atoms with van der Waals surface area (Å²) in [5.41, 5.74) is 3.77. The van der Waals surface area contributed by atoms with Crippen molar-refractivity contribution >= 4 is 27.7 Å². The number of halogens is 1. The van der Waals surface area contributed by atoms with E-state index < -0.39 is 0 Å². The van der Waals surface area contributed by atoms with E-state index >= 15 is 0 Å². The molecule has 35 heavy (non-hydrogen) atoms. The third-order valence-corrected chi connectivity index (χ3v) is 7.75. The topological polar surface area (TPSA) is 74.2 Å². The van der Waals surface area contributed by atoms with Gasteiger partial charge in [-0.2, -0.15) is 5.10 Å². The molecule has 8 heteroatoms. The van der Waals surface area contributed by atoms with Crippen LogP contribution in [0.1, 0.15) is 52.8 Å². The van der Waals surface area contributed by atoms with Crippen LogP contribution in [0, 0.1) is 12.7 Å². The Hall–Kier alpha value is -3.52. The van der Waals surface area contributed by atoms with Gasteiger partial charge in [0.25, 0.3) is 11.5 Å². The molecule has 1 N–H and O–H groups in total. The van der Waals surface area contributed by atoms with Gasteiger partial charge < -0.3 is 9.88 Å². The molecule has 2 aromatic carbocycles. The van der Waals surface area contributed by atoms with Gasteiger partial charge in [-0.15, -0.1) is 0 Å². The lowest BCUT2D eigenvalue weighted by Gasteiger charge is -2.40. The Morgan fingerprint density at radius 3 is 2.60 bits per heavy atom. The number of aryl methyl sites for hydroxylation is 1. The van der Waals surface area contributed by atoms with E-state index in [9.17, 15) is 14.0 Å². The first-order valence-corrected chi connectivity index (χ1v) is 12.2. The van der Waals surface area contributed by atoms with Gasteiger partial charge in [0.2, 0.25) is 0 Å². The van der Waals surface area contributed by atoms with Gasteiger partial charge in [-0.1, -0.05) is 12.1 Å². The Kier molecular flexibility index (Phi) is 5.21. The Bertz CT molecular complexity index is 1500. The molecule has 7 nitrogen and oxygen atoms in total. The summed E-state index contributed by atoms with van der Waals surface area (Å²) in [6.07, 6.45) is 4.97. The summed E-state index contributed by atoms with van der Waals surface area (Å²) in [5.74, 6) is -0.327. The zero-order chi connectivity index (χ0) is 24.3. The number of amides is 1. The molecule has 3 heterocycles. The van der Waals surface area contributed by atoms with Crippen molar-refractivity contribution in [3.8, 4) is 0 Å². The SMILES string of the molecule is Cc1cc2c(cc1C(=O)N1CCN(C)C(c3ccc(F)cc3)C1)[nH]c(=O)c1cnn(C3CCC3)c12. The molecule has 0 radical (unpaired) electrons. The van der Waals surface area contributed by atoms with Crippen molar-refractivity contribution in [2.24, 2.45) is 0 Å². The van der Waals surface area contributed by atoms with Gasteiger partial charge in [-0.05, 0) is 68.6 Å². The number of carbonyl (C=O) groups is 1. The Balaban J connectivity index is 1.37. The third kappa shape index (κ3) is 3.63. The lowest BCUT2D eigenvalue weighted by molar-refractivity contribution is 0.0545. The number of hydrogen-bond donors (Lipinski definition) is 1. The van der Waals surface area contributed by atoms with Crippen LogP contribution in [0.3, 0.4) is 0 Å². The van der Waals surface area contributed by atoms with E-state index in [0.717, 1.165) is 41.4 Å². The third-order valence-electron chi connectivity index (χ3n) is 7.75. The summed E-state index contributed by atoms with van der Waals surface area (Å²) in [5, 5.41) is 6.04. The Labute approximate surface area is 202 Å². The quantitative estimate of drug-likeness (QED) is 0.485. The van der Waals surface area contributed by atoms with Crippen molar-refractivity contribution in [3.05, 3.63) is 75.5 Å². The first kappa shape index (κ1) is 22.0. The lowest BCUT2D eigenvalue weighted by Crippen LogP contribution is -2.49. The maximum Gasteiger partial charge on any atom is 0.259 e. The first-order valence-electron chi connectivity index (χ1n) is 12.2. The van der Waals surface area contributed by atoms with Gasteiger partial charge in [0.1, 0.15) is 5.82 Å². The van der Waals surface area contributed by atoms with Gasteiger partial charge in [0.05, 0.1) is 34.7 Å². The van der Waals surface area contributed by atoms with Crippen LogP contribution in [0.2, 0.25) is 0 Å². The van der Waals surface area contributed by atoms with E-state index in [1.807, 2.05) is 35.7 Å². The minimum absolute atomic E-state index is 0.00896. The summed E-state index contributed by atoms with van der Waals surface area (Å²) >= 11 is 0. The van der Waals surface area contributed by atoms with Gasteiger partial charge in [-0.3, -0.25) is 19.2 Å². The number of rotatable bonds is 3. The molecule has 2 fully saturated rings. The second-order valence-electron chi connectivity index (χ2n) is 9.90. The molecule has 1 unspecified atom stereocenters. The lowest BCUT2D eigenvalue weighted by atomic mass is 9.93. The van der Waals surface area contributed by atoms with Crippen molar-refractivity contribution in [2.45, 2.75) is 38.3 Å². The normalized spacial score (nSPS) is 19.4. The zero-order valence-corrected chi connectivity index (χ0v) is 19.9. The number of pyridine rings is 1.